The molecule has 0 atom stereocenters. The number of hydrogen-bond donors (Lipinski definition) is 10. The molecule has 22 heteroatoms. The Bertz CT molecular complexity index is 4820. The Morgan fingerprint density at radius 3 is 0.922 bits per heavy atom. The molecule has 464 valence electrons. The molecule has 0 amide bonds. The molecular formula is C68H72N12O8S2. The second kappa shape index (κ2) is 24.0. The average molecular weight is 1250 g/mol. The summed E-state index contributed by atoms with van der Waals surface area (Å²) in [5, 5.41) is 26.6. The predicted octanol–water partition coefficient (Wildman–Crippen LogP) is 12.6. The van der Waals surface area contributed by atoms with E-state index in [4.69, 9.17) is 30.0 Å². The van der Waals surface area contributed by atoms with Crippen LogP contribution in [0.3, 0.4) is 0 Å². The third-order valence-corrected chi connectivity index (χ3v) is 16.6. The van der Waals surface area contributed by atoms with Crippen LogP contribution in [-0.4, -0.2) is 66.1 Å². The topological polar surface area (TPSA) is 318 Å². The van der Waals surface area contributed by atoms with E-state index in [0.29, 0.717) is 45.0 Å². The van der Waals surface area contributed by atoms with Crippen molar-refractivity contribution in [3.63, 3.8) is 0 Å². The van der Waals surface area contributed by atoms with Gasteiger partial charge in [0.25, 0.3) is 20.2 Å². The summed E-state index contributed by atoms with van der Waals surface area (Å²) < 4.78 is 74.3. The predicted molar refractivity (Wildman–Crippen MR) is 351 cm³/mol. The maximum absolute atomic E-state index is 13.2. The summed E-state index contributed by atoms with van der Waals surface area (Å²) in [5.74, 6) is 0.365. The van der Waals surface area contributed by atoms with E-state index in [1.165, 1.54) is 36.4 Å². The quantitative estimate of drug-likeness (QED) is 0.0462. The van der Waals surface area contributed by atoms with Crippen molar-refractivity contribution in [3.05, 3.63) is 213 Å². The van der Waals surface area contributed by atoms with Crippen LogP contribution in [-0.2, 0) is 41.9 Å². The van der Waals surface area contributed by atoms with Gasteiger partial charge in [-0.1, -0.05) is 180 Å². The summed E-state index contributed by atoms with van der Waals surface area (Å²) in [4.78, 5) is 47.0. The molecule has 2 aromatic heterocycles. The summed E-state index contributed by atoms with van der Waals surface area (Å²) in [7, 11) is -9.96. The van der Waals surface area contributed by atoms with E-state index < -0.39 is 51.7 Å². The van der Waals surface area contributed by atoms with Gasteiger partial charge in [0.05, 0.1) is 34.1 Å². The number of aromatic amines is 6. The SMILES string of the molecule is CC(C)(C)c1cc(N=c2[nH]c(=Nc3ccc(/C=C/c4ccc(N=c5[nH]c(=Nc6cc(C(C)(C)C)c(O)c(C(C)(C)C)c6)[nH]c(=Nc6cccc7ccccc67)[nH]5)cc4S(=O)(=O)O)c(S(=O)(=O)O)c3)[nH]c(=Nc3cccc4ccccc34)[nH]2)cc(C(C)(C)C)c1O. The van der Waals surface area contributed by atoms with E-state index in [1.807, 2.05) is 192 Å². The zero-order chi connectivity index (χ0) is 64.9. The number of nitrogens with zero attached hydrogens (tertiary/aromatic N) is 6. The summed E-state index contributed by atoms with van der Waals surface area (Å²) >= 11 is 0. The number of phenolic OH excluding ortho intramolecular Hbond substituents is 2. The highest BCUT2D eigenvalue weighted by atomic mass is 32.2. The molecule has 10 aromatic rings. The van der Waals surface area contributed by atoms with Gasteiger partial charge in [0.2, 0.25) is 33.7 Å². The van der Waals surface area contributed by atoms with Crippen LogP contribution >= 0.6 is 0 Å². The molecule has 0 bridgehead atoms. The second-order valence-electron chi connectivity index (χ2n) is 26.0. The zero-order valence-electron chi connectivity index (χ0n) is 51.9. The summed E-state index contributed by atoms with van der Waals surface area (Å²) in [6, 6.07) is 42.2. The van der Waals surface area contributed by atoms with Gasteiger partial charge in [-0.05, 0) is 104 Å². The van der Waals surface area contributed by atoms with E-state index in [1.54, 1.807) is 0 Å². The molecule has 10 N–H and O–H groups in total. The van der Waals surface area contributed by atoms with Crippen molar-refractivity contribution in [1.29, 1.82) is 0 Å². The van der Waals surface area contributed by atoms with Gasteiger partial charge >= 0.3 is 0 Å². The number of aromatic hydroxyl groups is 2. The van der Waals surface area contributed by atoms with Gasteiger partial charge in [0.15, 0.2) is 0 Å². The Kier molecular flexibility index (Phi) is 16.9. The molecule has 0 fully saturated rings. The molecule has 0 aliphatic rings. The molecule has 2 heterocycles. The normalized spacial score (nSPS) is 14.3. The molecule has 0 aliphatic heterocycles. The van der Waals surface area contributed by atoms with Crippen LogP contribution in [0.25, 0.3) is 33.7 Å². The monoisotopic (exact) mass is 1250 g/mol. The summed E-state index contributed by atoms with van der Waals surface area (Å²) in [6.07, 6.45) is 2.56. The van der Waals surface area contributed by atoms with Crippen LogP contribution in [0.5, 0.6) is 11.5 Å². The highest BCUT2D eigenvalue weighted by Crippen LogP contribution is 2.43. The third kappa shape index (κ3) is 14.5. The maximum Gasteiger partial charge on any atom is 0.295 e. The number of nitrogens with one attached hydrogen (secondary N) is 6. The van der Waals surface area contributed by atoms with Crippen LogP contribution in [0.15, 0.2) is 185 Å². The van der Waals surface area contributed by atoms with Crippen molar-refractivity contribution >= 4 is 88.1 Å². The van der Waals surface area contributed by atoms with E-state index in [2.05, 4.69) is 29.9 Å². The van der Waals surface area contributed by atoms with Crippen LogP contribution in [0.4, 0.5) is 34.1 Å². The van der Waals surface area contributed by atoms with Gasteiger partial charge in [0, 0.05) is 33.0 Å². The fourth-order valence-corrected chi connectivity index (χ4v) is 11.7. The van der Waals surface area contributed by atoms with Crippen molar-refractivity contribution in [2.24, 2.45) is 30.0 Å². The maximum atomic E-state index is 13.2. The number of hydrogen-bond acceptors (Lipinski definition) is 12. The van der Waals surface area contributed by atoms with Gasteiger partial charge in [0.1, 0.15) is 21.3 Å². The molecule has 0 spiro atoms. The summed E-state index contributed by atoms with van der Waals surface area (Å²) in [6.45, 7) is 24.0. The van der Waals surface area contributed by atoms with E-state index >= 15 is 0 Å². The van der Waals surface area contributed by atoms with E-state index in [0.717, 1.165) is 33.7 Å². The van der Waals surface area contributed by atoms with Gasteiger partial charge in [-0.2, -0.15) is 16.8 Å². The molecule has 0 unspecified atom stereocenters. The van der Waals surface area contributed by atoms with Crippen LogP contribution < -0.4 is 33.7 Å². The van der Waals surface area contributed by atoms with Crippen molar-refractivity contribution in [2.75, 3.05) is 0 Å². The number of benzene rings is 8. The van der Waals surface area contributed by atoms with Gasteiger partial charge in [-0.3, -0.25) is 39.0 Å². The fourth-order valence-electron chi connectivity index (χ4n) is 10.3. The van der Waals surface area contributed by atoms with E-state index in [-0.39, 0.29) is 67.7 Å². The average Bonchev–Trinajstić information content (AvgIpc) is 0.823. The Morgan fingerprint density at radius 2 is 0.622 bits per heavy atom. The molecule has 0 radical (unpaired) electrons. The highest BCUT2D eigenvalue weighted by molar-refractivity contribution is 7.86. The Balaban J connectivity index is 1.08. The number of phenols is 2. The van der Waals surface area contributed by atoms with Gasteiger partial charge < -0.3 is 10.2 Å². The Morgan fingerprint density at radius 1 is 0.344 bits per heavy atom. The molecule has 8 aromatic carbocycles. The Hall–Kier alpha value is -9.74. The highest BCUT2D eigenvalue weighted by Gasteiger charge is 2.28. The van der Waals surface area contributed by atoms with Gasteiger partial charge in [-0.15, -0.1) is 0 Å². The third-order valence-electron chi connectivity index (χ3n) is 14.8. The largest absolute Gasteiger partial charge is 0.507 e. The first-order valence-corrected chi connectivity index (χ1v) is 31.8. The van der Waals surface area contributed by atoms with Crippen molar-refractivity contribution in [3.8, 4) is 11.5 Å². The first-order valence-electron chi connectivity index (χ1n) is 28.9. The first-order chi connectivity index (χ1) is 42.1. The van der Waals surface area contributed by atoms with Crippen molar-refractivity contribution < 1.29 is 36.2 Å². The molecule has 0 aliphatic carbocycles. The molecule has 10 rings (SSSR count). The zero-order valence-corrected chi connectivity index (χ0v) is 53.6. The lowest BCUT2D eigenvalue weighted by atomic mass is 9.79. The van der Waals surface area contributed by atoms with Crippen LogP contribution in [0, 0.1) is 0 Å². The number of fused-ring (bicyclic) bond motifs is 2. The molecule has 90 heavy (non-hydrogen) atoms. The smallest absolute Gasteiger partial charge is 0.295 e. The lowest BCUT2D eigenvalue weighted by Crippen LogP contribution is -2.36. The van der Waals surface area contributed by atoms with Crippen molar-refractivity contribution in [2.45, 2.75) is 115 Å². The minimum atomic E-state index is -4.98. The molecule has 0 saturated carbocycles. The van der Waals surface area contributed by atoms with Crippen LogP contribution in [0.1, 0.15) is 116 Å². The number of aromatic nitrogens is 6. The van der Waals surface area contributed by atoms with Crippen LogP contribution in [0.2, 0.25) is 0 Å². The number of rotatable bonds is 10. The first kappa shape index (κ1) is 63.3. The van der Waals surface area contributed by atoms with Crippen molar-refractivity contribution in [1.82, 2.24) is 29.9 Å². The lowest BCUT2D eigenvalue weighted by Gasteiger charge is -2.27. The standard InChI is InChI=1S/C68H72N12O8S2/c1-65(2,3)49-33-45(34-50(57(49)81)66(4,5)6)71-61-75-59(77-63(79-61)73-53-25-17-21-39-19-13-15-23-47(39)53)69-43-31-29-41(55(37-43)89(83,84)85)27-28-42-30-32-44(38-56(42)90(86,87)88)70-60-76-62(72-46-35-51(67(7,8)9)58(82)52(36-46)68(10,11)12)80-64(78-60)74-54-26-18-22-40-20-14-16-24-48(40)54/h13-38,81-82H,1-12H3,(H,83,84,85)(H,86,87,88)(H3,69,71,73,75,77,79)(H3,70,72,74,76,78,80)/b28-27+. The molecule has 0 saturated heterocycles. The molecular weight excluding hydrogens is 1180 g/mol. The Labute approximate surface area is 520 Å². The van der Waals surface area contributed by atoms with Gasteiger partial charge in [-0.25, -0.2) is 30.0 Å². The minimum absolute atomic E-state index is 0.0545. The number of H-pyrrole nitrogens is 6. The summed E-state index contributed by atoms with van der Waals surface area (Å²) in [5.41, 5.74) is 4.14. The van der Waals surface area contributed by atoms with E-state index in [9.17, 15) is 36.2 Å². The molecule has 20 nitrogen and oxygen atoms in total. The second-order valence-corrected chi connectivity index (χ2v) is 28.8. The fraction of sp³-hybridized carbons (Fsp3) is 0.235. The lowest BCUT2D eigenvalue weighted by molar-refractivity contribution is 0.422. The minimum Gasteiger partial charge on any atom is -0.507 e.